The quantitative estimate of drug-likeness (QED) is 0.339. The van der Waals surface area contributed by atoms with E-state index >= 15 is 0 Å². The summed E-state index contributed by atoms with van der Waals surface area (Å²) in [4.78, 5) is 33.3. The summed E-state index contributed by atoms with van der Waals surface area (Å²) >= 11 is 0. The lowest BCUT2D eigenvalue weighted by molar-refractivity contribution is 0.0940. The van der Waals surface area contributed by atoms with Crippen molar-refractivity contribution in [2.24, 2.45) is 0 Å². The molecule has 0 unspecified atom stereocenters. The largest absolute Gasteiger partial charge is 0.345 e. The Balaban J connectivity index is 1.29. The van der Waals surface area contributed by atoms with Gasteiger partial charge in [0, 0.05) is 23.1 Å². The number of anilines is 1. The summed E-state index contributed by atoms with van der Waals surface area (Å²) in [5, 5.41) is 2.99. The molecule has 3 heterocycles. The van der Waals surface area contributed by atoms with Crippen LogP contribution in [0.2, 0.25) is 0 Å². The molecule has 6 rings (SSSR count). The van der Waals surface area contributed by atoms with E-state index in [0.29, 0.717) is 30.9 Å². The number of hydrogen-bond donors (Lipinski definition) is 1. The number of nitrogens with zero attached hydrogens (tertiary/aromatic N) is 3. The van der Waals surface area contributed by atoms with Crippen LogP contribution < -0.4 is 10.2 Å². The molecule has 6 nitrogen and oxygen atoms in total. The van der Waals surface area contributed by atoms with Crippen molar-refractivity contribution in [1.29, 1.82) is 0 Å². The highest BCUT2D eigenvalue weighted by molar-refractivity contribution is 6.07. The van der Waals surface area contributed by atoms with Crippen LogP contribution in [0.25, 0.3) is 5.57 Å². The Kier molecular flexibility index (Phi) is 6.84. The summed E-state index contributed by atoms with van der Waals surface area (Å²) < 4.78 is 2.02. The highest BCUT2D eigenvalue weighted by Gasteiger charge is 2.27. The number of hydrogen-bond acceptors (Lipinski definition) is 3. The predicted octanol–water partition coefficient (Wildman–Crippen LogP) is 6.29. The van der Waals surface area contributed by atoms with Gasteiger partial charge in [0.15, 0.2) is 0 Å². The lowest BCUT2D eigenvalue weighted by Gasteiger charge is -2.23. The van der Waals surface area contributed by atoms with Gasteiger partial charge in [0.05, 0.1) is 25.3 Å². The second-order valence-corrected chi connectivity index (χ2v) is 10.3. The number of carbonyl (C=O) groups is 2. The third-order valence-corrected chi connectivity index (χ3v) is 7.75. The molecule has 0 fully saturated rings. The first-order valence-corrected chi connectivity index (χ1v) is 13.6. The Morgan fingerprint density at radius 2 is 1.82 bits per heavy atom. The van der Waals surface area contributed by atoms with Gasteiger partial charge in [-0.2, -0.15) is 0 Å². The van der Waals surface area contributed by atoms with Crippen LogP contribution in [0.15, 0.2) is 85.1 Å². The number of benzene rings is 2. The highest BCUT2D eigenvalue weighted by Crippen LogP contribution is 2.32. The van der Waals surface area contributed by atoms with Crippen LogP contribution in [0.1, 0.15) is 74.6 Å². The molecule has 0 saturated heterocycles. The standard InChI is InChI=1S/C33H32N4O2/c1-23-19-25(14-16-29(23)24-9-3-2-4-10-24)33(39)37-22-28-15-17-31(32(38)35-20-27-12-7-8-18-34-27)36(28)21-26-11-5-6-13-30(26)37/h5-9,11-19H,2-4,10,20-22H2,1H3,(H,35,38). The van der Waals surface area contributed by atoms with E-state index in [1.165, 1.54) is 24.0 Å². The Morgan fingerprint density at radius 3 is 2.62 bits per heavy atom. The average Bonchev–Trinajstić information content (AvgIpc) is 3.29. The van der Waals surface area contributed by atoms with E-state index in [2.05, 4.69) is 29.4 Å². The highest BCUT2D eigenvalue weighted by atomic mass is 16.2. The first-order chi connectivity index (χ1) is 19.1. The molecule has 0 spiro atoms. The number of carbonyl (C=O) groups excluding carboxylic acids is 2. The molecule has 2 aromatic heterocycles. The molecular formula is C33H32N4O2. The summed E-state index contributed by atoms with van der Waals surface area (Å²) in [6.07, 6.45) is 8.76. The molecule has 2 amide bonds. The van der Waals surface area contributed by atoms with Gasteiger partial charge in [-0.05, 0) is 97.3 Å². The Labute approximate surface area is 229 Å². The first kappa shape index (κ1) is 24.9. The van der Waals surface area contributed by atoms with Gasteiger partial charge in [-0.3, -0.25) is 14.6 Å². The van der Waals surface area contributed by atoms with Crippen molar-refractivity contribution in [3.8, 4) is 0 Å². The molecule has 0 bridgehead atoms. The fraction of sp³-hybridized carbons (Fsp3) is 0.242. The van der Waals surface area contributed by atoms with Crippen LogP contribution in [-0.2, 0) is 19.6 Å². The number of allylic oxidation sites excluding steroid dienone is 2. The molecule has 6 heteroatoms. The number of amides is 2. The van der Waals surface area contributed by atoms with Gasteiger partial charge in [0.1, 0.15) is 5.69 Å². The smallest absolute Gasteiger partial charge is 0.268 e. The molecule has 2 aliphatic rings. The minimum absolute atomic E-state index is 0.0365. The lowest BCUT2D eigenvalue weighted by Crippen LogP contribution is -2.31. The normalized spacial score (nSPS) is 14.6. The molecule has 39 heavy (non-hydrogen) atoms. The van der Waals surface area contributed by atoms with Crippen molar-refractivity contribution in [2.75, 3.05) is 4.90 Å². The van der Waals surface area contributed by atoms with Gasteiger partial charge in [-0.15, -0.1) is 0 Å². The van der Waals surface area contributed by atoms with Gasteiger partial charge in [-0.1, -0.05) is 36.4 Å². The fourth-order valence-electron chi connectivity index (χ4n) is 5.70. The maximum Gasteiger partial charge on any atom is 0.268 e. The van der Waals surface area contributed by atoms with Gasteiger partial charge >= 0.3 is 0 Å². The maximum absolute atomic E-state index is 14.0. The van der Waals surface area contributed by atoms with Crippen LogP contribution in [-0.4, -0.2) is 21.4 Å². The summed E-state index contributed by atoms with van der Waals surface area (Å²) in [7, 11) is 0. The van der Waals surface area contributed by atoms with Crippen LogP contribution in [0.3, 0.4) is 0 Å². The Bertz CT molecular complexity index is 1570. The predicted molar refractivity (Wildman–Crippen MR) is 154 cm³/mol. The molecule has 1 aliphatic heterocycles. The van der Waals surface area contributed by atoms with Crippen molar-refractivity contribution >= 4 is 23.1 Å². The number of rotatable bonds is 5. The summed E-state index contributed by atoms with van der Waals surface area (Å²) in [6, 6.07) is 23.5. The molecule has 0 radical (unpaired) electrons. The number of aryl methyl sites for hydroxylation is 1. The zero-order chi connectivity index (χ0) is 26.8. The van der Waals surface area contributed by atoms with E-state index in [1.807, 2.05) is 76.2 Å². The van der Waals surface area contributed by atoms with Crippen LogP contribution in [0.4, 0.5) is 5.69 Å². The lowest BCUT2D eigenvalue weighted by atomic mass is 9.90. The molecule has 1 N–H and O–H groups in total. The SMILES string of the molecule is Cc1cc(C(=O)N2Cc3ccc(C(=O)NCc4ccccn4)n3Cc3ccccc32)ccc1C1=CCCCC1. The minimum atomic E-state index is -0.160. The minimum Gasteiger partial charge on any atom is -0.345 e. The van der Waals surface area contributed by atoms with Crippen LogP contribution >= 0.6 is 0 Å². The number of pyridine rings is 1. The Hall–Kier alpha value is -4.45. The van der Waals surface area contributed by atoms with Crippen molar-refractivity contribution < 1.29 is 9.59 Å². The van der Waals surface area contributed by atoms with Crippen molar-refractivity contribution in [3.63, 3.8) is 0 Å². The summed E-state index contributed by atoms with van der Waals surface area (Å²) in [5.41, 5.74) is 8.62. The van der Waals surface area contributed by atoms with E-state index in [4.69, 9.17) is 0 Å². The van der Waals surface area contributed by atoms with E-state index in [1.54, 1.807) is 6.20 Å². The summed E-state index contributed by atoms with van der Waals surface area (Å²) in [5.74, 6) is -0.196. The molecule has 0 atom stereocenters. The van der Waals surface area contributed by atoms with Crippen molar-refractivity contribution in [2.45, 2.75) is 52.2 Å². The number of nitrogens with one attached hydrogen (secondary N) is 1. The maximum atomic E-state index is 14.0. The van der Waals surface area contributed by atoms with E-state index < -0.39 is 0 Å². The molecule has 2 aromatic carbocycles. The fourth-order valence-corrected chi connectivity index (χ4v) is 5.70. The zero-order valence-corrected chi connectivity index (χ0v) is 22.2. The molecule has 0 saturated carbocycles. The number of fused-ring (bicyclic) bond motifs is 2. The Morgan fingerprint density at radius 1 is 0.949 bits per heavy atom. The summed E-state index contributed by atoms with van der Waals surface area (Å²) in [6.45, 7) is 3.35. The molecular weight excluding hydrogens is 484 g/mol. The monoisotopic (exact) mass is 516 g/mol. The second kappa shape index (κ2) is 10.7. The van der Waals surface area contributed by atoms with Gasteiger partial charge in [0.2, 0.25) is 0 Å². The first-order valence-electron chi connectivity index (χ1n) is 13.6. The number of para-hydroxylation sites is 1. The van der Waals surface area contributed by atoms with E-state index in [0.717, 1.165) is 41.0 Å². The van der Waals surface area contributed by atoms with E-state index in [-0.39, 0.29) is 11.8 Å². The van der Waals surface area contributed by atoms with Gasteiger partial charge in [0.25, 0.3) is 11.8 Å². The van der Waals surface area contributed by atoms with Crippen LogP contribution in [0, 0.1) is 6.92 Å². The third kappa shape index (κ3) is 5.02. The van der Waals surface area contributed by atoms with Crippen molar-refractivity contribution in [1.82, 2.24) is 14.9 Å². The third-order valence-electron chi connectivity index (χ3n) is 7.75. The van der Waals surface area contributed by atoms with Gasteiger partial charge < -0.3 is 14.8 Å². The molecule has 1 aliphatic carbocycles. The molecule has 196 valence electrons. The topological polar surface area (TPSA) is 67.2 Å². The second-order valence-electron chi connectivity index (χ2n) is 10.3. The van der Waals surface area contributed by atoms with Crippen molar-refractivity contribution in [3.05, 3.63) is 124 Å². The molecule has 4 aromatic rings. The van der Waals surface area contributed by atoms with Crippen LogP contribution in [0.5, 0.6) is 0 Å². The average molecular weight is 517 g/mol. The van der Waals surface area contributed by atoms with Gasteiger partial charge in [-0.25, -0.2) is 0 Å². The van der Waals surface area contributed by atoms with E-state index in [9.17, 15) is 9.59 Å². The zero-order valence-electron chi connectivity index (χ0n) is 22.2. The number of aromatic nitrogens is 2.